The van der Waals surface area contributed by atoms with Crippen LogP contribution in [0.4, 0.5) is 0 Å². The number of nitrogens with one attached hydrogen (secondary N) is 1. The second-order valence-corrected chi connectivity index (χ2v) is 10.0. The number of carbonyl (C=O) groups excluding carboxylic acids is 1. The molecule has 0 bridgehead atoms. The van der Waals surface area contributed by atoms with Crippen LogP contribution in [0, 0.1) is 6.92 Å². The van der Waals surface area contributed by atoms with Crippen molar-refractivity contribution in [3.63, 3.8) is 0 Å². The molecule has 0 aliphatic carbocycles. The maximum Gasteiger partial charge on any atom is 0.338 e. The number of fused-ring (bicyclic) bond motifs is 1. The van der Waals surface area contributed by atoms with Gasteiger partial charge in [0, 0.05) is 27.8 Å². The normalized spacial score (nSPS) is 11.2. The van der Waals surface area contributed by atoms with E-state index >= 15 is 0 Å². The minimum atomic E-state index is -0.466. The maximum atomic E-state index is 12.8. The topological polar surface area (TPSA) is 98.1 Å². The van der Waals surface area contributed by atoms with Crippen LogP contribution in [0.5, 0.6) is 0 Å². The smallest absolute Gasteiger partial charge is 0.338 e. The molecule has 0 spiro atoms. The van der Waals surface area contributed by atoms with Gasteiger partial charge in [-0.3, -0.25) is 4.79 Å². The van der Waals surface area contributed by atoms with Crippen molar-refractivity contribution >= 4 is 50.6 Å². The molecule has 33 heavy (non-hydrogen) atoms. The van der Waals surface area contributed by atoms with Crippen molar-refractivity contribution in [2.45, 2.75) is 23.6 Å². The lowest BCUT2D eigenvalue weighted by atomic mass is 10.1. The highest BCUT2D eigenvalue weighted by Crippen LogP contribution is 2.31. The molecule has 0 aliphatic heterocycles. The average Bonchev–Trinajstić information content (AvgIpc) is 3.57. The number of carbonyl (C=O) groups is 1. The first-order valence-electron chi connectivity index (χ1n) is 9.92. The zero-order chi connectivity index (χ0) is 22.8. The first-order valence-corrected chi connectivity index (χ1v) is 12.7. The molecule has 0 unspecified atom stereocenters. The number of aromatic nitrogens is 3. The third-order valence-corrected chi connectivity index (χ3v) is 7.87. The molecule has 0 atom stereocenters. The molecule has 7 nitrogen and oxygen atoms in total. The molecule has 1 N–H and O–H groups in total. The van der Waals surface area contributed by atoms with Crippen molar-refractivity contribution in [3.8, 4) is 11.3 Å². The van der Waals surface area contributed by atoms with E-state index in [0.717, 1.165) is 15.6 Å². The summed E-state index contributed by atoms with van der Waals surface area (Å²) in [6.45, 7) is 1.82. The molecule has 0 aliphatic rings. The van der Waals surface area contributed by atoms with Crippen LogP contribution in [-0.2, 0) is 17.1 Å². The van der Waals surface area contributed by atoms with Gasteiger partial charge in [-0.2, -0.15) is 0 Å². The fourth-order valence-electron chi connectivity index (χ4n) is 3.27. The fraction of sp³-hybridized carbons (Fsp3) is 0.130. The van der Waals surface area contributed by atoms with Crippen LogP contribution in [0.2, 0.25) is 0 Å². The van der Waals surface area contributed by atoms with Gasteiger partial charge in [-0.25, -0.2) is 14.8 Å². The molecule has 10 heteroatoms. The first-order chi connectivity index (χ1) is 16.1. The highest BCUT2D eigenvalue weighted by molar-refractivity contribution is 8.00. The van der Waals surface area contributed by atoms with E-state index in [1.165, 1.54) is 11.3 Å². The number of hydrogen-bond acceptors (Lipinski definition) is 9. The van der Waals surface area contributed by atoms with Crippen LogP contribution in [0.15, 0.2) is 67.0 Å². The fourth-order valence-corrected chi connectivity index (χ4v) is 6.07. The van der Waals surface area contributed by atoms with Gasteiger partial charge in [0.15, 0.2) is 0 Å². The molecule has 0 saturated carbocycles. The number of nitrogens with zero attached hydrogens (tertiary/aromatic N) is 2. The Morgan fingerprint density at radius 3 is 2.82 bits per heavy atom. The number of thiazole rings is 1. The summed E-state index contributed by atoms with van der Waals surface area (Å²) in [7, 11) is 0. The van der Waals surface area contributed by atoms with Crippen LogP contribution in [0.1, 0.15) is 27.4 Å². The van der Waals surface area contributed by atoms with E-state index in [1.807, 2.05) is 29.8 Å². The second kappa shape index (κ2) is 9.34. The Hall–Kier alpha value is -3.21. The van der Waals surface area contributed by atoms with Crippen molar-refractivity contribution in [2.75, 3.05) is 0 Å². The number of aryl methyl sites for hydroxylation is 1. The number of esters is 1. The van der Waals surface area contributed by atoms with Crippen LogP contribution in [-0.4, -0.2) is 20.9 Å². The van der Waals surface area contributed by atoms with Gasteiger partial charge in [-0.05, 0) is 30.7 Å². The molecule has 0 amide bonds. The molecule has 0 radical (unpaired) electrons. The Kier molecular flexibility index (Phi) is 6.12. The summed E-state index contributed by atoms with van der Waals surface area (Å²) in [4.78, 5) is 37.7. The lowest BCUT2D eigenvalue weighted by molar-refractivity contribution is 0.0461. The third kappa shape index (κ3) is 4.63. The van der Waals surface area contributed by atoms with Gasteiger partial charge in [0.2, 0.25) is 0 Å². The number of rotatable bonds is 7. The molecule has 1 aromatic carbocycles. The van der Waals surface area contributed by atoms with E-state index in [1.54, 1.807) is 53.6 Å². The molecule has 0 fully saturated rings. The molecule has 0 saturated heterocycles. The monoisotopic (exact) mass is 495 g/mol. The van der Waals surface area contributed by atoms with E-state index in [-0.39, 0.29) is 12.2 Å². The minimum absolute atomic E-state index is 0.134. The summed E-state index contributed by atoms with van der Waals surface area (Å²) in [5.41, 5.74) is 2.72. The number of benzene rings is 1. The van der Waals surface area contributed by atoms with Crippen LogP contribution in [0.3, 0.4) is 0 Å². The zero-order valence-corrected chi connectivity index (χ0v) is 19.8. The van der Waals surface area contributed by atoms with Crippen LogP contribution >= 0.6 is 34.4 Å². The Morgan fingerprint density at radius 2 is 2.03 bits per heavy atom. The Bertz CT molecular complexity index is 1480. The molecule has 5 aromatic rings. The SMILES string of the molecule is Cc1csc(SCc2ccccc2C(=O)OCc2nc3scc(-c4ccco4)c3c(=O)[nH]2)n1. The lowest BCUT2D eigenvalue weighted by Crippen LogP contribution is -2.14. The molecular formula is C23H17N3O4S3. The van der Waals surface area contributed by atoms with Gasteiger partial charge < -0.3 is 14.1 Å². The molecule has 5 rings (SSSR count). The van der Waals surface area contributed by atoms with E-state index < -0.39 is 5.97 Å². The van der Waals surface area contributed by atoms with Crippen molar-refractivity contribution in [2.24, 2.45) is 0 Å². The van der Waals surface area contributed by atoms with E-state index in [4.69, 9.17) is 9.15 Å². The summed E-state index contributed by atoms with van der Waals surface area (Å²) in [6, 6.07) is 10.9. The third-order valence-electron chi connectivity index (χ3n) is 4.81. The Morgan fingerprint density at radius 1 is 1.15 bits per heavy atom. The van der Waals surface area contributed by atoms with Crippen molar-refractivity contribution < 1.29 is 13.9 Å². The Balaban J connectivity index is 1.31. The second-order valence-electron chi connectivity index (χ2n) is 7.10. The summed E-state index contributed by atoms with van der Waals surface area (Å²) in [6.07, 6.45) is 1.56. The average molecular weight is 496 g/mol. The van der Waals surface area contributed by atoms with Gasteiger partial charge in [0.1, 0.15) is 27.4 Å². The highest BCUT2D eigenvalue weighted by atomic mass is 32.2. The molecular weight excluding hydrogens is 478 g/mol. The standard InChI is InChI=1S/C23H17N3O4S3/c1-13-10-32-23(24-13)33-11-14-5-2-3-6-15(14)22(28)30-9-18-25-20(27)19-16(12-31-21(19)26-18)17-7-4-8-29-17/h2-8,10,12H,9,11H2,1H3,(H,25,26,27). The van der Waals surface area contributed by atoms with Crippen molar-refractivity contribution in [1.29, 1.82) is 0 Å². The van der Waals surface area contributed by atoms with Gasteiger partial charge in [0.05, 0.1) is 17.2 Å². The van der Waals surface area contributed by atoms with Crippen LogP contribution in [0.25, 0.3) is 21.5 Å². The summed E-state index contributed by atoms with van der Waals surface area (Å²) >= 11 is 4.50. The largest absolute Gasteiger partial charge is 0.464 e. The number of hydrogen-bond donors (Lipinski definition) is 1. The van der Waals surface area contributed by atoms with Crippen LogP contribution < -0.4 is 5.56 Å². The van der Waals surface area contributed by atoms with E-state index in [0.29, 0.717) is 38.7 Å². The molecule has 166 valence electrons. The number of furan rings is 1. The summed E-state index contributed by atoms with van der Waals surface area (Å²) < 4.78 is 11.9. The summed E-state index contributed by atoms with van der Waals surface area (Å²) in [5.74, 6) is 1.03. The van der Waals surface area contributed by atoms with E-state index in [9.17, 15) is 9.59 Å². The molecule has 4 heterocycles. The summed E-state index contributed by atoms with van der Waals surface area (Å²) in [5, 5.41) is 4.29. The predicted octanol–water partition coefficient (Wildman–Crippen LogP) is 5.66. The van der Waals surface area contributed by atoms with E-state index in [2.05, 4.69) is 15.0 Å². The number of thiophene rings is 1. The quantitative estimate of drug-likeness (QED) is 0.230. The predicted molar refractivity (Wildman–Crippen MR) is 130 cm³/mol. The number of thioether (sulfide) groups is 1. The molecule has 4 aromatic heterocycles. The number of H-pyrrole nitrogens is 1. The van der Waals surface area contributed by atoms with Gasteiger partial charge >= 0.3 is 5.97 Å². The minimum Gasteiger partial charge on any atom is -0.464 e. The van der Waals surface area contributed by atoms with Gasteiger partial charge in [0.25, 0.3) is 5.56 Å². The Labute approximate surface area is 200 Å². The number of ether oxygens (including phenoxy) is 1. The maximum absolute atomic E-state index is 12.8. The van der Waals surface area contributed by atoms with Gasteiger partial charge in [-0.15, -0.1) is 22.7 Å². The van der Waals surface area contributed by atoms with Crippen molar-refractivity contribution in [1.82, 2.24) is 15.0 Å². The zero-order valence-electron chi connectivity index (χ0n) is 17.4. The highest BCUT2D eigenvalue weighted by Gasteiger charge is 2.17. The van der Waals surface area contributed by atoms with Crippen molar-refractivity contribution in [3.05, 3.63) is 86.4 Å². The first kappa shape index (κ1) is 21.6. The van der Waals surface area contributed by atoms with Gasteiger partial charge in [-0.1, -0.05) is 30.0 Å². The lowest BCUT2D eigenvalue weighted by Gasteiger charge is -2.09. The number of aromatic amines is 1.